The van der Waals surface area contributed by atoms with Gasteiger partial charge in [-0.25, -0.2) is 0 Å². The molecule has 0 N–H and O–H groups in total. The van der Waals surface area contributed by atoms with Crippen molar-refractivity contribution in [2.24, 2.45) is 0 Å². The molecule has 0 aromatic carbocycles. The van der Waals surface area contributed by atoms with Crippen molar-refractivity contribution in [1.29, 1.82) is 0 Å². The molecule has 0 amide bonds. The molecule has 1 atom stereocenters. The van der Waals surface area contributed by atoms with Gasteiger partial charge in [-0.2, -0.15) is 0 Å². The van der Waals surface area contributed by atoms with Gasteiger partial charge in [-0.3, -0.25) is 0 Å². The normalized spacial score (nSPS) is 6.33. The van der Waals surface area contributed by atoms with Crippen LogP contribution in [0.15, 0.2) is 10.4 Å². The van der Waals surface area contributed by atoms with Crippen LogP contribution in [0.3, 0.4) is 0 Å². The summed E-state index contributed by atoms with van der Waals surface area (Å²) in [7, 11) is 0. The Morgan fingerprint density at radius 2 is 1.50 bits per heavy atom. The molecule has 0 aromatic rings. The van der Waals surface area contributed by atoms with Crippen LogP contribution < -0.4 is 0 Å². The monoisotopic (exact) mass is 210 g/mol. The summed E-state index contributed by atoms with van der Waals surface area (Å²) in [6.45, 7) is 0. The first-order valence-corrected chi connectivity index (χ1v) is 2.72. The SMILES string of the molecule is Cl.Cl.ClC=C[AsH2]. The number of hydrogen-bond acceptors (Lipinski definition) is 0. The van der Waals surface area contributed by atoms with Crippen LogP contribution in [0.5, 0.6) is 0 Å². The second-order valence-corrected chi connectivity index (χ2v) is 1.38. The predicted octanol–water partition coefficient (Wildman–Crippen LogP) is 1.17. The molecule has 0 nitrogen and oxygen atoms in total. The average molecular weight is 211 g/mol. The summed E-state index contributed by atoms with van der Waals surface area (Å²) in [6, 6.07) is 0. The molecule has 0 aliphatic carbocycles. The maximum atomic E-state index is 5.02. The minimum atomic E-state index is 0. The van der Waals surface area contributed by atoms with Crippen molar-refractivity contribution in [3.8, 4) is 0 Å². The van der Waals surface area contributed by atoms with E-state index in [2.05, 4.69) is 0 Å². The Kier molecular flexibility index (Phi) is 42.9. The summed E-state index contributed by atoms with van der Waals surface area (Å²) in [5, 5.41) is 0. The topological polar surface area (TPSA) is 0 Å². The van der Waals surface area contributed by atoms with Gasteiger partial charge in [0, 0.05) is 0 Å². The van der Waals surface area contributed by atoms with Gasteiger partial charge >= 0.3 is 38.9 Å². The van der Waals surface area contributed by atoms with E-state index >= 15 is 0 Å². The molecule has 0 aliphatic rings. The second kappa shape index (κ2) is 16.4. The van der Waals surface area contributed by atoms with Crippen molar-refractivity contribution in [3.63, 3.8) is 0 Å². The van der Waals surface area contributed by atoms with Crippen molar-refractivity contribution >= 4 is 53.3 Å². The fourth-order valence-electron chi connectivity index (χ4n) is 0. The van der Waals surface area contributed by atoms with Gasteiger partial charge in [0.1, 0.15) is 0 Å². The van der Waals surface area contributed by atoms with Gasteiger partial charge in [0.05, 0.1) is 0 Å². The molecule has 0 radical (unpaired) electrons. The number of halogens is 3. The van der Waals surface area contributed by atoms with Crippen molar-refractivity contribution < 1.29 is 0 Å². The van der Waals surface area contributed by atoms with E-state index in [-0.39, 0.29) is 24.8 Å². The van der Waals surface area contributed by atoms with Crippen LogP contribution in [-0.2, 0) is 0 Å². The van der Waals surface area contributed by atoms with Gasteiger partial charge in [0.25, 0.3) is 0 Å². The fraction of sp³-hybridized carbons (Fsp3) is 0. The zero-order chi connectivity index (χ0) is 3.41. The number of hydrogen-bond donors (Lipinski definition) is 0. The minimum absolute atomic E-state index is 0. The molecule has 1 unspecified atom stereocenters. The Morgan fingerprint density at radius 3 is 1.50 bits per heavy atom. The van der Waals surface area contributed by atoms with E-state index in [1.165, 1.54) is 22.4 Å². The van der Waals surface area contributed by atoms with E-state index in [9.17, 15) is 0 Å². The predicted molar refractivity (Wildman–Crippen MR) is 38.0 cm³/mol. The summed E-state index contributed by atoms with van der Waals surface area (Å²) in [4.78, 5) is 1.83. The van der Waals surface area contributed by atoms with Crippen LogP contribution in [0.25, 0.3) is 0 Å². The first-order chi connectivity index (χ1) is 1.91. The molecule has 0 saturated carbocycles. The van der Waals surface area contributed by atoms with Crippen molar-refractivity contribution in [2.75, 3.05) is 0 Å². The van der Waals surface area contributed by atoms with Crippen LogP contribution >= 0.6 is 36.4 Å². The first-order valence-electron chi connectivity index (χ1n) is 0.885. The molecular formula is C2H6AsCl3. The van der Waals surface area contributed by atoms with Crippen molar-refractivity contribution in [2.45, 2.75) is 0 Å². The van der Waals surface area contributed by atoms with Crippen LogP contribution in [0.4, 0.5) is 0 Å². The molecule has 0 rings (SSSR count). The summed E-state index contributed by atoms with van der Waals surface area (Å²) in [6.07, 6.45) is 0. The van der Waals surface area contributed by atoms with Gasteiger partial charge in [0.15, 0.2) is 0 Å². The van der Waals surface area contributed by atoms with Gasteiger partial charge in [-0.1, -0.05) is 0 Å². The molecule has 40 valence electrons. The van der Waals surface area contributed by atoms with E-state index in [4.69, 9.17) is 11.6 Å². The maximum absolute atomic E-state index is 5.02. The van der Waals surface area contributed by atoms with E-state index < -0.39 is 0 Å². The van der Waals surface area contributed by atoms with Gasteiger partial charge in [0.2, 0.25) is 0 Å². The Hall–Kier alpha value is 1.17. The summed E-state index contributed by atoms with van der Waals surface area (Å²) < 4.78 is 0. The van der Waals surface area contributed by atoms with E-state index in [1.807, 2.05) is 4.86 Å². The second-order valence-electron chi connectivity index (χ2n) is 0.318. The Bertz CT molecular complexity index is 24.0. The third kappa shape index (κ3) is 19.1. The van der Waals surface area contributed by atoms with E-state index in [1.54, 1.807) is 0 Å². The molecular weight excluding hydrogens is 205 g/mol. The van der Waals surface area contributed by atoms with Crippen LogP contribution in [0.1, 0.15) is 0 Å². The van der Waals surface area contributed by atoms with Crippen molar-refractivity contribution in [3.05, 3.63) is 10.4 Å². The quantitative estimate of drug-likeness (QED) is 0.528. The van der Waals surface area contributed by atoms with Crippen molar-refractivity contribution in [1.82, 2.24) is 0 Å². The summed E-state index contributed by atoms with van der Waals surface area (Å²) >= 11 is 6.53. The van der Waals surface area contributed by atoms with Crippen LogP contribution in [0, 0.1) is 0 Å². The zero-order valence-electron chi connectivity index (χ0n) is 2.93. The molecule has 0 saturated heterocycles. The van der Waals surface area contributed by atoms with Gasteiger partial charge in [-0.15, -0.1) is 24.8 Å². The zero-order valence-corrected chi connectivity index (χ0v) is 7.74. The summed E-state index contributed by atoms with van der Waals surface area (Å²) in [5.74, 6) is 0. The molecule has 0 aromatic heterocycles. The third-order valence-electron chi connectivity index (χ3n) is 0.0727. The average Bonchev–Trinajstić information content (AvgIpc) is 1.37. The Morgan fingerprint density at radius 1 is 1.33 bits per heavy atom. The Balaban J connectivity index is -0.0000000450. The standard InChI is InChI=1S/C2H4AsCl.2ClH/c3-1-2-4;;/h1-2H,3H2;2*1H. The molecule has 6 heavy (non-hydrogen) atoms. The van der Waals surface area contributed by atoms with E-state index in [0.717, 1.165) is 0 Å². The fourth-order valence-corrected chi connectivity index (χ4v) is 0. The Labute approximate surface area is 63.6 Å². The van der Waals surface area contributed by atoms with Gasteiger partial charge in [-0.05, 0) is 0 Å². The van der Waals surface area contributed by atoms with E-state index in [0.29, 0.717) is 0 Å². The van der Waals surface area contributed by atoms with Crippen LogP contribution in [0.2, 0.25) is 0 Å². The molecule has 0 heterocycles. The summed E-state index contributed by atoms with van der Waals surface area (Å²) in [5.41, 5.74) is 1.50. The molecule has 0 aliphatic heterocycles. The first kappa shape index (κ1) is 15.7. The molecule has 0 spiro atoms. The molecule has 0 fully saturated rings. The molecule has 4 heteroatoms. The van der Waals surface area contributed by atoms with Gasteiger partial charge < -0.3 is 0 Å². The molecule has 0 bridgehead atoms. The number of rotatable bonds is 0. The third-order valence-corrected chi connectivity index (χ3v) is 1.13. The van der Waals surface area contributed by atoms with Crippen LogP contribution in [-0.4, -0.2) is 16.9 Å².